The van der Waals surface area contributed by atoms with E-state index in [4.69, 9.17) is 5.84 Å². The topological polar surface area (TPSA) is 70.3 Å². The predicted octanol–water partition coefficient (Wildman–Crippen LogP) is 0.293. The van der Waals surface area contributed by atoms with Crippen LogP contribution in [0.4, 0.5) is 11.6 Å². The van der Waals surface area contributed by atoms with Crippen molar-refractivity contribution in [1.82, 2.24) is 14.9 Å². The van der Waals surface area contributed by atoms with Crippen LogP contribution < -0.4 is 16.2 Å². The molecule has 6 nitrogen and oxygen atoms in total. The van der Waals surface area contributed by atoms with E-state index >= 15 is 0 Å². The Bertz CT molecular complexity index is 359. The zero-order valence-electron chi connectivity index (χ0n) is 10.4. The lowest BCUT2D eigenvalue weighted by Crippen LogP contribution is -2.49. The van der Waals surface area contributed by atoms with Crippen LogP contribution in [0, 0.1) is 0 Å². The van der Waals surface area contributed by atoms with Crippen LogP contribution in [0.15, 0.2) is 12.4 Å². The fraction of sp³-hybridized carbons (Fsp3) is 0.636. The number of hydrogen-bond donors (Lipinski definition) is 2. The SMILES string of the molecule is CC(C)N1CCN(c2cc(NN)ncn2)CC1. The molecular formula is C11H20N6. The van der Waals surface area contributed by atoms with Crippen molar-refractivity contribution < 1.29 is 0 Å². The zero-order chi connectivity index (χ0) is 12.3. The number of hydrazine groups is 1. The molecule has 2 rings (SSSR count). The van der Waals surface area contributed by atoms with Crippen LogP contribution in [-0.2, 0) is 0 Å². The molecule has 17 heavy (non-hydrogen) atoms. The summed E-state index contributed by atoms with van der Waals surface area (Å²) in [4.78, 5) is 13.0. The summed E-state index contributed by atoms with van der Waals surface area (Å²) in [5.74, 6) is 6.94. The second-order valence-electron chi connectivity index (χ2n) is 4.52. The van der Waals surface area contributed by atoms with E-state index in [1.54, 1.807) is 6.33 Å². The summed E-state index contributed by atoms with van der Waals surface area (Å²) < 4.78 is 0. The third kappa shape index (κ3) is 2.83. The lowest BCUT2D eigenvalue weighted by Gasteiger charge is -2.37. The maximum absolute atomic E-state index is 5.34. The highest BCUT2D eigenvalue weighted by molar-refractivity contribution is 5.48. The molecule has 1 aromatic rings. The van der Waals surface area contributed by atoms with E-state index in [1.165, 1.54) is 0 Å². The van der Waals surface area contributed by atoms with Crippen molar-refractivity contribution in [3.8, 4) is 0 Å². The highest BCUT2D eigenvalue weighted by Crippen LogP contribution is 2.16. The largest absolute Gasteiger partial charge is 0.354 e. The molecule has 0 aromatic carbocycles. The molecule has 94 valence electrons. The van der Waals surface area contributed by atoms with E-state index in [2.05, 4.69) is 39.0 Å². The van der Waals surface area contributed by atoms with Gasteiger partial charge in [-0.05, 0) is 13.8 Å². The Morgan fingerprint density at radius 3 is 2.53 bits per heavy atom. The summed E-state index contributed by atoms with van der Waals surface area (Å²) in [5.41, 5.74) is 2.55. The highest BCUT2D eigenvalue weighted by atomic mass is 15.3. The molecule has 0 saturated carbocycles. The Labute approximate surface area is 102 Å². The smallest absolute Gasteiger partial charge is 0.145 e. The minimum Gasteiger partial charge on any atom is -0.354 e. The minimum atomic E-state index is 0.615. The molecule has 3 N–H and O–H groups in total. The summed E-state index contributed by atoms with van der Waals surface area (Å²) in [7, 11) is 0. The molecule has 0 radical (unpaired) electrons. The maximum Gasteiger partial charge on any atom is 0.145 e. The van der Waals surface area contributed by atoms with Crippen LogP contribution >= 0.6 is 0 Å². The molecule has 0 amide bonds. The van der Waals surface area contributed by atoms with Crippen molar-refractivity contribution in [3.63, 3.8) is 0 Å². The van der Waals surface area contributed by atoms with Crippen molar-refractivity contribution in [2.24, 2.45) is 5.84 Å². The first-order chi connectivity index (χ1) is 8.20. The van der Waals surface area contributed by atoms with Gasteiger partial charge in [-0.25, -0.2) is 15.8 Å². The van der Waals surface area contributed by atoms with E-state index in [9.17, 15) is 0 Å². The van der Waals surface area contributed by atoms with Gasteiger partial charge in [0.25, 0.3) is 0 Å². The first-order valence-electron chi connectivity index (χ1n) is 5.98. The average Bonchev–Trinajstić information content (AvgIpc) is 2.39. The normalized spacial score (nSPS) is 17.5. The van der Waals surface area contributed by atoms with Gasteiger partial charge in [0.05, 0.1) is 0 Å². The first kappa shape index (κ1) is 12.1. The molecule has 0 spiro atoms. The second-order valence-corrected chi connectivity index (χ2v) is 4.52. The summed E-state index contributed by atoms with van der Waals surface area (Å²) in [6.45, 7) is 8.62. The highest BCUT2D eigenvalue weighted by Gasteiger charge is 2.19. The molecule has 0 bridgehead atoms. The third-order valence-corrected chi connectivity index (χ3v) is 3.17. The van der Waals surface area contributed by atoms with E-state index in [1.807, 2.05) is 6.07 Å². The van der Waals surface area contributed by atoms with Crippen LogP contribution in [0.3, 0.4) is 0 Å². The van der Waals surface area contributed by atoms with Gasteiger partial charge in [-0.1, -0.05) is 0 Å². The van der Waals surface area contributed by atoms with E-state index in [0.717, 1.165) is 32.0 Å². The van der Waals surface area contributed by atoms with Crippen molar-refractivity contribution in [2.75, 3.05) is 36.5 Å². The Morgan fingerprint density at radius 1 is 1.24 bits per heavy atom. The van der Waals surface area contributed by atoms with E-state index < -0.39 is 0 Å². The molecule has 6 heteroatoms. The number of piperazine rings is 1. The number of nitrogens with two attached hydrogens (primary N) is 1. The number of rotatable bonds is 3. The van der Waals surface area contributed by atoms with Gasteiger partial charge < -0.3 is 10.3 Å². The Kier molecular flexibility index (Phi) is 3.75. The van der Waals surface area contributed by atoms with Gasteiger partial charge in [-0.2, -0.15) is 0 Å². The molecule has 2 heterocycles. The summed E-state index contributed by atoms with van der Waals surface area (Å²) >= 11 is 0. The van der Waals surface area contributed by atoms with E-state index in [0.29, 0.717) is 11.9 Å². The number of anilines is 2. The number of nitrogen functional groups attached to an aromatic ring is 1. The van der Waals surface area contributed by atoms with Gasteiger partial charge in [-0.3, -0.25) is 4.90 Å². The minimum absolute atomic E-state index is 0.615. The fourth-order valence-electron chi connectivity index (χ4n) is 2.07. The molecule has 1 aliphatic rings. The number of nitrogens with one attached hydrogen (secondary N) is 1. The number of hydrogen-bond acceptors (Lipinski definition) is 6. The van der Waals surface area contributed by atoms with Gasteiger partial charge in [0.2, 0.25) is 0 Å². The van der Waals surface area contributed by atoms with Crippen LogP contribution in [0.5, 0.6) is 0 Å². The molecule has 1 aliphatic heterocycles. The second kappa shape index (κ2) is 5.29. The maximum atomic E-state index is 5.34. The van der Waals surface area contributed by atoms with Crippen LogP contribution in [-0.4, -0.2) is 47.1 Å². The summed E-state index contributed by atoms with van der Waals surface area (Å²) in [6, 6.07) is 2.49. The number of nitrogens with zero attached hydrogens (tertiary/aromatic N) is 4. The van der Waals surface area contributed by atoms with Crippen LogP contribution in [0.25, 0.3) is 0 Å². The van der Waals surface area contributed by atoms with Crippen LogP contribution in [0.2, 0.25) is 0 Å². The first-order valence-corrected chi connectivity index (χ1v) is 5.98. The van der Waals surface area contributed by atoms with Gasteiger partial charge in [0.1, 0.15) is 18.0 Å². The Hall–Kier alpha value is -1.40. The monoisotopic (exact) mass is 236 g/mol. The molecule has 1 saturated heterocycles. The molecule has 1 fully saturated rings. The van der Waals surface area contributed by atoms with Crippen LogP contribution in [0.1, 0.15) is 13.8 Å². The molecule has 0 aliphatic carbocycles. The van der Waals surface area contributed by atoms with Gasteiger partial charge in [-0.15, -0.1) is 0 Å². The van der Waals surface area contributed by atoms with Gasteiger partial charge in [0, 0.05) is 38.3 Å². The van der Waals surface area contributed by atoms with Gasteiger partial charge >= 0.3 is 0 Å². The fourth-order valence-corrected chi connectivity index (χ4v) is 2.07. The zero-order valence-corrected chi connectivity index (χ0v) is 10.4. The Balaban J connectivity index is 2.00. The summed E-state index contributed by atoms with van der Waals surface area (Å²) in [6.07, 6.45) is 1.54. The quantitative estimate of drug-likeness (QED) is 0.581. The predicted molar refractivity (Wildman–Crippen MR) is 68.8 cm³/mol. The lowest BCUT2D eigenvalue weighted by atomic mass is 10.2. The standard InChI is InChI=1S/C11H20N6/c1-9(2)16-3-5-17(6-4-16)11-7-10(15-12)13-8-14-11/h7-9H,3-6,12H2,1-2H3,(H,13,14,15). The molecule has 1 aromatic heterocycles. The van der Waals surface area contributed by atoms with Crippen molar-refractivity contribution in [3.05, 3.63) is 12.4 Å². The van der Waals surface area contributed by atoms with Crippen molar-refractivity contribution in [1.29, 1.82) is 0 Å². The lowest BCUT2D eigenvalue weighted by molar-refractivity contribution is 0.209. The number of aromatic nitrogens is 2. The molecular weight excluding hydrogens is 216 g/mol. The Morgan fingerprint density at radius 2 is 1.94 bits per heavy atom. The van der Waals surface area contributed by atoms with E-state index in [-0.39, 0.29) is 0 Å². The summed E-state index contributed by atoms with van der Waals surface area (Å²) in [5, 5.41) is 0. The molecule has 0 unspecified atom stereocenters. The van der Waals surface area contributed by atoms with Gasteiger partial charge in [0.15, 0.2) is 0 Å². The van der Waals surface area contributed by atoms with Crippen molar-refractivity contribution in [2.45, 2.75) is 19.9 Å². The van der Waals surface area contributed by atoms with Crippen molar-refractivity contribution >= 4 is 11.6 Å². The molecule has 0 atom stereocenters. The third-order valence-electron chi connectivity index (χ3n) is 3.17. The average molecular weight is 236 g/mol.